The number of benzene rings is 1. The van der Waals surface area contributed by atoms with Crippen molar-refractivity contribution >= 4 is 5.97 Å². The van der Waals surface area contributed by atoms with Crippen molar-refractivity contribution in [3.05, 3.63) is 35.6 Å². The number of carbonyl (C=O) groups excluding carboxylic acids is 1. The van der Waals surface area contributed by atoms with Gasteiger partial charge in [0.1, 0.15) is 5.82 Å². The highest BCUT2D eigenvalue weighted by Gasteiger charge is 2.46. The predicted octanol–water partition coefficient (Wildman–Crippen LogP) is 4.86. The summed E-state index contributed by atoms with van der Waals surface area (Å²) in [5, 5.41) is 0. The number of ether oxygens (including phenoxy) is 1. The lowest BCUT2D eigenvalue weighted by molar-refractivity contribution is -0.152. The first-order chi connectivity index (χ1) is 10.3. The highest BCUT2D eigenvalue weighted by Crippen LogP contribution is 2.47. The Balaban J connectivity index is 2.29. The summed E-state index contributed by atoms with van der Waals surface area (Å²) in [6, 6.07) is 6.35. The van der Waals surface area contributed by atoms with Gasteiger partial charge in [-0.15, -0.1) is 0 Å². The summed E-state index contributed by atoms with van der Waals surface area (Å²) in [7, 11) is 0. The Morgan fingerprint density at radius 1 is 1.23 bits per heavy atom. The zero-order valence-electron chi connectivity index (χ0n) is 14.1. The van der Waals surface area contributed by atoms with E-state index in [1.807, 2.05) is 6.92 Å². The molecule has 1 saturated carbocycles. The average molecular weight is 306 g/mol. The van der Waals surface area contributed by atoms with Crippen LogP contribution in [0.4, 0.5) is 4.39 Å². The van der Waals surface area contributed by atoms with Gasteiger partial charge in [-0.2, -0.15) is 0 Å². The molecule has 2 nitrogen and oxygen atoms in total. The highest BCUT2D eigenvalue weighted by atomic mass is 19.1. The summed E-state index contributed by atoms with van der Waals surface area (Å²) in [5.74, 6) is 0.176. The Morgan fingerprint density at radius 3 is 2.23 bits per heavy atom. The van der Waals surface area contributed by atoms with E-state index >= 15 is 0 Å². The maximum absolute atomic E-state index is 13.2. The van der Waals surface area contributed by atoms with Gasteiger partial charge in [0.15, 0.2) is 0 Å². The normalized spacial score (nSPS) is 25.8. The van der Waals surface area contributed by atoms with Crippen molar-refractivity contribution in [2.75, 3.05) is 6.61 Å². The lowest BCUT2D eigenvalue weighted by Gasteiger charge is -2.42. The molecule has 0 aromatic heterocycles. The number of rotatable bonds is 3. The highest BCUT2D eigenvalue weighted by molar-refractivity contribution is 5.83. The van der Waals surface area contributed by atoms with Gasteiger partial charge >= 0.3 is 5.97 Å². The first-order valence-electron chi connectivity index (χ1n) is 8.23. The molecular weight excluding hydrogens is 279 g/mol. The standard InChI is InChI=1S/C19H27FO2/c1-5-22-17(21)19(15-6-8-16(20)9-7-15)12-10-14(11-13-19)18(2,3)4/h6-9,14H,5,10-13H2,1-4H3. The van der Waals surface area contributed by atoms with E-state index in [0.29, 0.717) is 12.5 Å². The molecule has 0 spiro atoms. The molecule has 3 heteroatoms. The summed E-state index contributed by atoms with van der Waals surface area (Å²) in [5.41, 5.74) is 0.537. The third-order valence-corrected chi connectivity index (χ3v) is 5.13. The molecule has 1 aromatic rings. The third-order valence-electron chi connectivity index (χ3n) is 5.13. The van der Waals surface area contributed by atoms with Crippen LogP contribution in [0.2, 0.25) is 0 Å². The number of halogens is 1. The molecule has 22 heavy (non-hydrogen) atoms. The van der Waals surface area contributed by atoms with Crippen LogP contribution in [0.3, 0.4) is 0 Å². The van der Waals surface area contributed by atoms with Crippen molar-refractivity contribution in [2.24, 2.45) is 11.3 Å². The van der Waals surface area contributed by atoms with Gasteiger partial charge in [0.2, 0.25) is 0 Å². The Bertz CT molecular complexity index is 505. The third kappa shape index (κ3) is 3.34. The van der Waals surface area contributed by atoms with Gasteiger partial charge in [-0.25, -0.2) is 4.39 Å². The Labute approximate surface area is 133 Å². The lowest BCUT2D eigenvalue weighted by Crippen LogP contribution is -2.42. The van der Waals surface area contributed by atoms with Crippen molar-refractivity contribution in [3.8, 4) is 0 Å². The molecule has 0 saturated heterocycles. The second-order valence-corrected chi connectivity index (χ2v) is 7.45. The second kappa shape index (κ2) is 6.39. The van der Waals surface area contributed by atoms with Crippen molar-refractivity contribution in [1.29, 1.82) is 0 Å². The molecule has 122 valence electrons. The monoisotopic (exact) mass is 306 g/mol. The summed E-state index contributed by atoms with van der Waals surface area (Å²) in [6.45, 7) is 8.98. The minimum atomic E-state index is -0.606. The molecular formula is C19H27FO2. The van der Waals surface area contributed by atoms with Crippen LogP contribution >= 0.6 is 0 Å². The molecule has 0 aliphatic heterocycles. The largest absolute Gasteiger partial charge is 0.465 e. The minimum Gasteiger partial charge on any atom is -0.465 e. The minimum absolute atomic E-state index is 0.158. The van der Waals surface area contributed by atoms with E-state index in [4.69, 9.17) is 4.74 Å². The van der Waals surface area contributed by atoms with Crippen LogP contribution in [0.15, 0.2) is 24.3 Å². The van der Waals surface area contributed by atoms with Gasteiger partial charge in [-0.3, -0.25) is 4.79 Å². The SMILES string of the molecule is CCOC(=O)C1(c2ccc(F)cc2)CCC(C(C)(C)C)CC1. The molecule has 1 fully saturated rings. The molecule has 0 amide bonds. The van der Waals surface area contributed by atoms with E-state index in [-0.39, 0.29) is 17.2 Å². The fourth-order valence-corrected chi connectivity index (χ4v) is 3.63. The van der Waals surface area contributed by atoms with Crippen LogP contribution in [-0.2, 0) is 14.9 Å². The molecule has 0 radical (unpaired) electrons. The Kier molecular flexibility index (Phi) is 4.93. The fourth-order valence-electron chi connectivity index (χ4n) is 3.63. The number of hydrogen-bond donors (Lipinski definition) is 0. The smallest absolute Gasteiger partial charge is 0.316 e. The predicted molar refractivity (Wildman–Crippen MR) is 86.1 cm³/mol. The number of carbonyl (C=O) groups is 1. The average Bonchev–Trinajstić information content (AvgIpc) is 2.47. The summed E-state index contributed by atoms with van der Waals surface area (Å²) in [4.78, 5) is 12.6. The Hall–Kier alpha value is -1.38. The second-order valence-electron chi connectivity index (χ2n) is 7.45. The van der Waals surface area contributed by atoms with Crippen LogP contribution in [0.5, 0.6) is 0 Å². The van der Waals surface area contributed by atoms with Gasteiger partial charge < -0.3 is 4.74 Å². The molecule has 1 aliphatic carbocycles. The van der Waals surface area contributed by atoms with Gasteiger partial charge in [0, 0.05) is 0 Å². The first kappa shape index (κ1) is 17.0. The van der Waals surface area contributed by atoms with Crippen LogP contribution in [0.1, 0.15) is 58.9 Å². The molecule has 1 aromatic carbocycles. The quantitative estimate of drug-likeness (QED) is 0.745. The number of hydrogen-bond acceptors (Lipinski definition) is 2. The van der Waals surface area contributed by atoms with E-state index in [1.54, 1.807) is 12.1 Å². The lowest BCUT2D eigenvalue weighted by atomic mass is 9.62. The molecule has 0 bridgehead atoms. The molecule has 0 N–H and O–H groups in total. The maximum Gasteiger partial charge on any atom is 0.316 e. The van der Waals surface area contributed by atoms with Crippen molar-refractivity contribution in [2.45, 2.75) is 58.8 Å². The summed E-state index contributed by atoms with van der Waals surface area (Å²) < 4.78 is 18.6. The zero-order chi connectivity index (χ0) is 16.4. The topological polar surface area (TPSA) is 26.3 Å². The zero-order valence-corrected chi connectivity index (χ0v) is 14.1. The Morgan fingerprint density at radius 2 is 1.77 bits per heavy atom. The maximum atomic E-state index is 13.2. The molecule has 1 aliphatic rings. The fraction of sp³-hybridized carbons (Fsp3) is 0.632. The van der Waals surface area contributed by atoms with E-state index in [9.17, 15) is 9.18 Å². The number of esters is 1. The molecule has 2 rings (SSSR count). The van der Waals surface area contributed by atoms with E-state index in [0.717, 1.165) is 31.2 Å². The van der Waals surface area contributed by atoms with Crippen LogP contribution in [-0.4, -0.2) is 12.6 Å². The van der Waals surface area contributed by atoms with Crippen molar-refractivity contribution in [1.82, 2.24) is 0 Å². The van der Waals surface area contributed by atoms with Crippen LogP contribution in [0.25, 0.3) is 0 Å². The van der Waals surface area contributed by atoms with E-state index < -0.39 is 5.41 Å². The summed E-state index contributed by atoms with van der Waals surface area (Å²) in [6.07, 6.45) is 3.55. The summed E-state index contributed by atoms with van der Waals surface area (Å²) >= 11 is 0. The van der Waals surface area contributed by atoms with Crippen LogP contribution in [0, 0.1) is 17.2 Å². The van der Waals surface area contributed by atoms with Crippen molar-refractivity contribution < 1.29 is 13.9 Å². The van der Waals surface area contributed by atoms with Gasteiger partial charge in [-0.05, 0) is 61.6 Å². The molecule has 0 heterocycles. The van der Waals surface area contributed by atoms with E-state index in [1.165, 1.54) is 12.1 Å². The van der Waals surface area contributed by atoms with Gasteiger partial charge in [0.25, 0.3) is 0 Å². The molecule has 0 unspecified atom stereocenters. The van der Waals surface area contributed by atoms with E-state index in [2.05, 4.69) is 20.8 Å². The van der Waals surface area contributed by atoms with Crippen molar-refractivity contribution in [3.63, 3.8) is 0 Å². The van der Waals surface area contributed by atoms with Gasteiger partial charge in [-0.1, -0.05) is 32.9 Å². The first-order valence-corrected chi connectivity index (χ1v) is 8.23. The molecule has 0 atom stereocenters. The van der Waals surface area contributed by atoms with Crippen LogP contribution < -0.4 is 0 Å². The van der Waals surface area contributed by atoms with Gasteiger partial charge in [0.05, 0.1) is 12.0 Å².